The molecule has 2 heterocycles. The quantitative estimate of drug-likeness (QED) is 0.196. The summed E-state index contributed by atoms with van der Waals surface area (Å²) in [5.41, 5.74) is 11.4. The van der Waals surface area contributed by atoms with Crippen molar-refractivity contribution < 1.29 is 0 Å². The average molecular weight is 618 g/mol. The van der Waals surface area contributed by atoms with Gasteiger partial charge in [-0.3, -0.25) is 9.47 Å². The molecule has 0 atom stereocenters. The Morgan fingerprint density at radius 1 is 0.292 bits per heavy atom. The van der Waals surface area contributed by atoms with Gasteiger partial charge in [-0.15, -0.1) is 0 Å². The molecule has 0 aliphatic carbocycles. The number of hydrogen-bond acceptors (Lipinski definition) is 4. The molecule has 5 nitrogen and oxygen atoms in total. The maximum absolute atomic E-state index is 5.33. The standard InChI is InChI=1S/C43H31N5/c1-4-15-32(16-5-1)45-35-21-12-22-36(29-35)46(33-17-6-2-7-18-33)38-24-14-26-40(31-38)47(39-25-13-23-37(45)30-39)43-44-41-27-10-11-28-42(41)48(43)34-19-8-3-9-20-34/h1-31H. The summed E-state index contributed by atoms with van der Waals surface area (Å²) in [4.78, 5) is 12.3. The number of hydrogen-bond donors (Lipinski definition) is 0. The van der Waals surface area contributed by atoms with E-state index in [-0.39, 0.29) is 0 Å². The van der Waals surface area contributed by atoms with Crippen LogP contribution in [0.5, 0.6) is 0 Å². The van der Waals surface area contributed by atoms with Crippen molar-refractivity contribution in [1.29, 1.82) is 0 Å². The molecule has 0 amide bonds. The Balaban J connectivity index is 1.37. The van der Waals surface area contributed by atoms with Gasteiger partial charge < -0.3 is 9.80 Å². The van der Waals surface area contributed by atoms with Crippen LogP contribution >= 0.6 is 0 Å². The van der Waals surface area contributed by atoms with Gasteiger partial charge in [0.15, 0.2) is 0 Å². The lowest BCUT2D eigenvalue weighted by Crippen LogP contribution is -2.18. The number of para-hydroxylation sites is 5. The topological polar surface area (TPSA) is 27.5 Å². The Morgan fingerprint density at radius 2 is 0.646 bits per heavy atom. The third-order valence-corrected chi connectivity index (χ3v) is 8.82. The maximum atomic E-state index is 5.33. The number of fused-ring (bicyclic) bond motifs is 7. The molecule has 1 aromatic heterocycles. The van der Waals surface area contributed by atoms with Gasteiger partial charge in [0.2, 0.25) is 5.95 Å². The lowest BCUT2D eigenvalue weighted by molar-refractivity contribution is 1.03. The zero-order valence-corrected chi connectivity index (χ0v) is 26.1. The molecule has 0 saturated carbocycles. The first-order valence-electron chi connectivity index (χ1n) is 16.2. The highest BCUT2D eigenvalue weighted by molar-refractivity contribution is 5.90. The number of nitrogens with zero attached hydrogens (tertiary/aromatic N) is 5. The highest BCUT2D eigenvalue weighted by Gasteiger charge is 2.25. The fourth-order valence-electron chi connectivity index (χ4n) is 6.74. The average Bonchev–Trinajstić information content (AvgIpc) is 3.52. The molecule has 0 fully saturated rings. The van der Waals surface area contributed by atoms with Crippen molar-refractivity contribution in [2.45, 2.75) is 0 Å². The van der Waals surface area contributed by atoms with Gasteiger partial charge in [-0.05, 0) is 103 Å². The molecule has 0 spiro atoms. The van der Waals surface area contributed by atoms with E-state index in [0.29, 0.717) is 0 Å². The number of rotatable bonds is 4. The summed E-state index contributed by atoms with van der Waals surface area (Å²) in [5.74, 6) is 0.810. The summed E-state index contributed by atoms with van der Waals surface area (Å²) < 4.78 is 2.26. The van der Waals surface area contributed by atoms with Gasteiger partial charge >= 0.3 is 0 Å². The van der Waals surface area contributed by atoms with E-state index < -0.39 is 0 Å². The number of aromatic nitrogens is 2. The van der Waals surface area contributed by atoms with E-state index in [9.17, 15) is 0 Å². The highest BCUT2D eigenvalue weighted by atomic mass is 15.3. The van der Waals surface area contributed by atoms with E-state index in [2.05, 4.69) is 207 Å². The highest BCUT2D eigenvalue weighted by Crippen LogP contribution is 2.46. The summed E-state index contributed by atoms with van der Waals surface area (Å²) in [7, 11) is 0. The van der Waals surface area contributed by atoms with E-state index >= 15 is 0 Å². The number of anilines is 9. The van der Waals surface area contributed by atoms with Crippen LogP contribution in [0.4, 0.5) is 51.4 Å². The predicted molar refractivity (Wildman–Crippen MR) is 199 cm³/mol. The van der Waals surface area contributed by atoms with Gasteiger partial charge in [0, 0.05) is 39.8 Å². The Kier molecular flexibility index (Phi) is 6.72. The maximum Gasteiger partial charge on any atom is 0.220 e. The van der Waals surface area contributed by atoms with Gasteiger partial charge in [0.05, 0.1) is 22.4 Å². The second-order valence-corrected chi connectivity index (χ2v) is 11.8. The van der Waals surface area contributed by atoms with Gasteiger partial charge in [-0.25, -0.2) is 4.98 Å². The Morgan fingerprint density at radius 3 is 1.10 bits per heavy atom. The van der Waals surface area contributed by atoms with Gasteiger partial charge in [0.1, 0.15) is 0 Å². The summed E-state index contributed by atoms with van der Waals surface area (Å²) in [6, 6.07) is 66.3. The minimum absolute atomic E-state index is 0.810. The monoisotopic (exact) mass is 617 g/mol. The molecule has 1 aliphatic heterocycles. The van der Waals surface area contributed by atoms with E-state index in [1.54, 1.807) is 0 Å². The molecule has 48 heavy (non-hydrogen) atoms. The van der Waals surface area contributed by atoms with Crippen LogP contribution in [0.3, 0.4) is 0 Å². The molecule has 6 bridgehead atoms. The normalized spacial score (nSPS) is 12.5. The van der Waals surface area contributed by atoms with Crippen LogP contribution in [0.1, 0.15) is 0 Å². The van der Waals surface area contributed by atoms with Crippen LogP contribution in [0.2, 0.25) is 0 Å². The minimum atomic E-state index is 0.810. The third-order valence-electron chi connectivity index (χ3n) is 8.82. The van der Waals surface area contributed by atoms with Crippen LogP contribution in [0, 0.1) is 0 Å². The zero-order chi connectivity index (χ0) is 31.9. The van der Waals surface area contributed by atoms with E-state index in [1.807, 2.05) is 0 Å². The number of benzene rings is 7. The van der Waals surface area contributed by atoms with Crippen LogP contribution in [0.15, 0.2) is 188 Å². The second-order valence-electron chi connectivity index (χ2n) is 11.8. The van der Waals surface area contributed by atoms with Crippen molar-refractivity contribution in [1.82, 2.24) is 9.55 Å². The molecule has 0 unspecified atom stereocenters. The summed E-state index contributed by atoms with van der Waals surface area (Å²) in [5, 5.41) is 0. The molecule has 0 radical (unpaired) electrons. The van der Waals surface area contributed by atoms with Crippen molar-refractivity contribution in [2.24, 2.45) is 0 Å². The SMILES string of the molecule is c1ccc(N2c3cccc(c3)N(c3ccccc3)c3cccc(c3)N(c3nc4ccccc4n3-c3ccccc3)c3cccc2c3)cc1. The molecule has 5 heteroatoms. The third kappa shape index (κ3) is 4.77. The van der Waals surface area contributed by atoms with Crippen molar-refractivity contribution in [2.75, 3.05) is 14.7 Å². The Bertz CT molecular complexity index is 2260. The van der Waals surface area contributed by atoms with Crippen molar-refractivity contribution in [3.63, 3.8) is 0 Å². The summed E-state index contributed by atoms with van der Waals surface area (Å²) in [6.07, 6.45) is 0. The predicted octanol–water partition coefficient (Wildman–Crippen LogP) is 11.7. The minimum Gasteiger partial charge on any atom is -0.310 e. The molecule has 0 saturated heterocycles. The first-order chi connectivity index (χ1) is 23.8. The van der Waals surface area contributed by atoms with Gasteiger partial charge in [-0.1, -0.05) is 84.9 Å². The van der Waals surface area contributed by atoms with Crippen LogP contribution in [0.25, 0.3) is 16.7 Å². The largest absolute Gasteiger partial charge is 0.310 e. The molecule has 1 aliphatic rings. The molecular formula is C43H31N5. The zero-order valence-electron chi connectivity index (χ0n) is 26.1. The second kappa shape index (κ2) is 11.6. The van der Waals surface area contributed by atoms with E-state index in [1.165, 1.54) is 0 Å². The van der Waals surface area contributed by atoms with Gasteiger partial charge in [0.25, 0.3) is 0 Å². The summed E-state index contributed by atoms with van der Waals surface area (Å²) in [6.45, 7) is 0. The molecule has 8 aromatic rings. The van der Waals surface area contributed by atoms with E-state index in [0.717, 1.165) is 68.2 Å². The van der Waals surface area contributed by atoms with Crippen molar-refractivity contribution >= 4 is 62.5 Å². The number of imidazole rings is 1. The Hall–Kier alpha value is -6.59. The molecule has 9 rings (SSSR count). The lowest BCUT2D eigenvalue weighted by Gasteiger charge is -2.32. The molecular weight excluding hydrogens is 587 g/mol. The Labute approximate surface area is 279 Å². The molecule has 0 N–H and O–H groups in total. The molecule has 7 aromatic carbocycles. The fraction of sp³-hybridized carbons (Fsp3) is 0. The first-order valence-corrected chi connectivity index (χ1v) is 16.2. The van der Waals surface area contributed by atoms with Crippen molar-refractivity contribution in [3.05, 3.63) is 188 Å². The summed E-state index contributed by atoms with van der Waals surface area (Å²) >= 11 is 0. The van der Waals surface area contributed by atoms with Crippen LogP contribution in [-0.2, 0) is 0 Å². The fourth-order valence-corrected chi connectivity index (χ4v) is 6.74. The molecule has 228 valence electrons. The smallest absolute Gasteiger partial charge is 0.220 e. The van der Waals surface area contributed by atoms with Gasteiger partial charge in [-0.2, -0.15) is 0 Å². The van der Waals surface area contributed by atoms with E-state index in [4.69, 9.17) is 4.98 Å². The van der Waals surface area contributed by atoms with Crippen LogP contribution < -0.4 is 14.7 Å². The lowest BCUT2D eigenvalue weighted by atomic mass is 10.1. The van der Waals surface area contributed by atoms with Crippen LogP contribution in [-0.4, -0.2) is 9.55 Å². The first kappa shape index (κ1) is 27.7. The van der Waals surface area contributed by atoms with Crippen molar-refractivity contribution in [3.8, 4) is 5.69 Å².